The lowest BCUT2D eigenvalue weighted by Gasteiger charge is -2.09. The highest BCUT2D eigenvalue weighted by Crippen LogP contribution is 2.25. The Hall–Kier alpha value is -2.12. The summed E-state index contributed by atoms with van der Waals surface area (Å²) in [7, 11) is 0. The van der Waals surface area contributed by atoms with Crippen LogP contribution in [0.5, 0.6) is 0 Å². The third-order valence-corrected chi connectivity index (χ3v) is 2.00. The van der Waals surface area contributed by atoms with Gasteiger partial charge in [-0.25, -0.2) is 9.97 Å². The Labute approximate surface area is 92.9 Å². The molecule has 0 aliphatic heterocycles. The van der Waals surface area contributed by atoms with Gasteiger partial charge in [-0.2, -0.15) is 13.2 Å². The van der Waals surface area contributed by atoms with Crippen LogP contribution < -0.4 is 0 Å². The molecule has 2 aromatic heterocycles. The molecule has 17 heavy (non-hydrogen) atoms. The van der Waals surface area contributed by atoms with E-state index < -0.39 is 12.7 Å². The number of halogens is 3. The molecule has 0 aromatic carbocycles. The van der Waals surface area contributed by atoms with Gasteiger partial charge in [0.25, 0.3) is 0 Å². The van der Waals surface area contributed by atoms with E-state index in [9.17, 15) is 18.0 Å². The fraction of sp³-hybridized carbons (Fsp3) is 0.222. The van der Waals surface area contributed by atoms with Crippen molar-refractivity contribution >= 4 is 6.29 Å². The van der Waals surface area contributed by atoms with E-state index >= 15 is 0 Å². The van der Waals surface area contributed by atoms with Gasteiger partial charge in [0.05, 0.1) is 12.5 Å². The summed E-state index contributed by atoms with van der Waals surface area (Å²) < 4.78 is 42.5. The molecule has 0 aliphatic rings. The summed E-state index contributed by atoms with van der Waals surface area (Å²) in [5.41, 5.74) is -0.00384. The molecule has 90 valence electrons. The molecule has 8 heteroatoms. The number of hydrogen-bond donors (Lipinski definition) is 0. The minimum absolute atomic E-state index is 0.0262. The van der Waals surface area contributed by atoms with Crippen LogP contribution in [0.25, 0.3) is 11.5 Å². The van der Waals surface area contributed by atoms with Crippen molar-refractivity contribution in [2.24, 2.45) is 0 Å². The Balaban J connectivity index is 2.40. The zero-order chi connectivity index (χ0) is 12.5. The quantitative estimate of drug-likeness (QED) is 0.775. The molecule has 0 saturated carbocycles. The predicted octanol–water partition coefficient (Wildman–Crippen LogP) is 1.91. The number of aromatic nitrogens is 3. The standard InChI is InChI=1S/C9H6F3N3O2/c10-9(11,12)3-15-4-13-1-7(15)8-6(2-16)14-5-17-8/h1-2,4-5H,3H2. The number of alkyl halides is 3. The van der Waals surface area contributed by atoms with Crippen molar-refractivity contribution in [2.45, 2.75) is 12.7 Å². The van der Waals surface area contributed by atoms with Gasteiger partial charge < -0.3 is 8.98 Å². The summed E-state index contributed by atoms with van der Waals surface area (Å²) in [4.78, 5) is 17.8. The Kier molecular flexibility index (Phi) is 2.70. The topological polar surface area (TPSA) is 60.9 Å². The van der Waals surface area contributed by atoms with Crippen LogP contribution in [0, 0.1) is 0 Å². The molecule has 0 fully saturated rings. The van der Waals surface area contributed by atoms with E-state index in [1.54, 1.807) is 0 Å². The number of hydrogen-bond acceptors (Lipinski definition) is 4. The SMILES string of the molecule is O=Cc1ncoc1-c1cncn1CC(F)(F)F. The highest BCUT2D eigenvalue weighted by molar-refractivity contribution is 5.81. The van der Waals surface area contributed by atoms with Crippen molar-refractivity contribution in [3.63, 3.8) is 0 Å². The second-order valence-electron chi connectivity index (χ2n) is 3.21. The van der Waals surface area contributed by atoms with Crippen LogP contribution in [-0.4, -0.2) is 27.0 Å². The normalized spacial score (nSPS) is 11.7. The van der Waals surface area contributed by atoms with E-state index in [0.29, 0.717) is 6.29 Å². The molecular weight excluding hydrogens is 239 g/mol. The molecule has 2 heterocycles. The van der Waals surface area contributed by atoms with Crippen molar-refractivity contribution in [1.29, 1.82) is 0 Å². The van der Waals surface area contributed by atoms with Crippen LogP contribution in [0.15, 0.2) is 23.3 Å². The average Bonchev–Trinajstić information content (AvgIpc) is 2.82. The van der Waals surface area contributed by atoms with Crippen molar-refractivity contribution in [3.8, 4) is 11.5 Å². The van der Waals surface area contributed by atoms with Crippen molar-refractivity contribution in [2.75, 3.05) is 0 Å². The lowest BCUT2D eigenvalue weighted by atomic mass is 10.3. The van der Waals surface area contributed by atoms with E-state index in [1.807, 2.05) is 0 Å². The van der Waals surface area contributed by atoms with E-state index in [4.69, 9.17) is 4.42 Å². The predicted molar refractivity (Wildman–Crippen MR) is 49.2 cm³/mol. The van der Waals surface area contributed by atoms with Crippen LogP contribution in [0.2, 0.25) is 0 Å². The van der Waals surface area contributed by atoms with Crippen LogP contribution in [-0.2, 0) is 6.54 Å². The molecular formula is C9H6F3N3O2. The zero-order valence-electron chi connectivity index (χ0n) is 8.31. The first-order valence-corrected chi connectivity index (χ1v) is 4.47. The molecule has 0 N–H and O–H groups in total. The molecule has 0 aliphatic carbocycles. The third-order valence-electron chi connectivity index (χ3n) is 2.00. The second kappa shape index (κ2) is 4.04. The number of nitrogens with zero attached hydrogens (tertiary/aromatic N) is 3. The summed E-state index contributed by atoms with van der Waals surface area (Å²) in [6, 6.07) is 0. The summed E-state index contributed by atoms with van der Waals surface area (Å²) >= 11 is 0. The van der Waals surface area contributed by atoms with Crippen molar-refractivity contribution in [3.05, 3.63) is 24.6 Å². The largest absolute Gasteiger partial charge is 0.441 e. The summed E-state index contributed by atoms with van der Waals surface area (Å²) in [5, 5.41) is 0. The van der Waals surface area contributed by atoms with Crippen molar-refractivity contribution < 1.29 is 22.4 Å². The number of carbonyl (C=O) groups is 1. The Bertz CT molecular complexity index is 530. The zero-order valence-corrected chi connectivity index (χ0v) is 8.31. The summed E-state index contributed by atoms with van der Waals surface area (Å²) in [6.07, 6.45) is -0.788. The molecule has 5 nitrogen and oxygen atoms in total. The summed E-state index contributed by atoms with van der Waals surface area (Å²) in [5.74, 6) is -0.0262. The molecule has 2 rings (SSSR count). The minimum Gasteiger partial charge on any atom is -0.441 e. The fourth-order valence-electron chi connectivity index (χ4n) is 1.36. The first-order valence-electron chi connectivity index (χ1n) is 4.47. The molecule has 0 unspecified atom stereocenters. The minimum atomic E-state index is -4.38. The summed E-state index contributed by atoms with van der Waals surface area (Å²) in [6.45, 7) is -1.21. The number of imidazole rings is 1. The van der Waals surface area contributed by atoms with Crippen LogP contribution in [0.3, 0.4) is 0 Å². The first-order chi connectivity index (χ1) is 8.01. The van der Waals surface area contributed by atoms with E-state index in [0.717, 1.165) is 17.3 Å². The average molecular weight is 245 g/mol. The molecule has 0 bridgehead atoms. The fourth-order valence-corrected chi connectivity index (χ4v) is 1.36. The number of carbonyl (C=O) groups excluding carboxylic acids is 1. The second-order valence-corrected chi connectivity index (χ2v) is 3.21. The van der Waals surface area contributed by atoms with Gasteiger partial charge in [-0.3, -0.25) is 4.79 Å². The number of rotatable bonds is 3. The lowest BCUT2D eigenvalue weighted by molar-refractivity contribution is -0.140. The highest BCUT2D eigenvalue weighted by atomic mass is 19.4. The van der Waals surface area contributed by atoms with Gasteiger partial charge in [-0.15, -0.1) is 0 Å². The van der Waals surface area contributed by atoms with Crippen molar-refractivity contribution in [1.82, 2.24) is 14.5 Å². The van der Waals surface area contributed by atoms with Gasteiger partial charge >= 0.3 is 6.18 Å². The first kappa shape index (κ1) is 11.4. The van der Waals surface area contributed by atoms with Gasteiger partial charge in [0, 0.05) is 0 Å². The molecule has 0 amide bonds. The Morgan fingerprint density at radius 3 is 2.88 bits per heavy atom. The highest BCUT2D eigenvalue weighted by Gasteiger charge is 2.29. The Morgan fingerprint density at radius 2 is 2.24 bits per heavy atom. The maximum Gasteiger partial charge on any atom is 0.406 e. The van der Waals surface area contributed by atoms with Gasteiger partial charge in [-0.05, 0) is 0 Å². The smallest absolute Gasteiger partial charge is 0.406 e. The molecule has 2 aromatic rings. The maximum absolute atomic E-state index is 12.3. The van der Waals surface area contributed by atoms with Crippen LogP contribution in [0.4, 0.5) is 13.2 Å². The molecule has 0 saturated heterocycles. The third kappa shape index (κ3) is 2.35. The van der Waals surface area contributed by atoms with E-state index in [1.165, 1.54) is 6.20 Å². The van der Waals surface area contributed by atoms with Gasteiger partial charge in [0.15, 0.2) is 24.1 Å². The van der Waals surface area contributed by atoms with Crippen LogP contribution in [0.1, 0.15) is 10.5 Å². The molecule has 0 spiro atoms. The van der Waals surface area contributed by atoms with Gasteiger partial charge in [-0.1, -0.05) is 0 Å². The monoisotopic (exact) mass is 245 g/mol. The number of oxazole rings is 1. The number of aldehydes is 1. The molecule has 0 atom stereocenters. The van der Waals surface area contributed by atoms with E-state index in [-0.39, 0.29) is 17.1 Å². The lowest BCUT2D eigenvalue weighted by Crippen LogP contribution is -2.17. The van der Waals surface area contributed by atoms with Gasteiger partial charge in [0.1, 0.15) is 12.2 Å². The Morgan fingerprint density at radius 1 is 1.47 bits per heavy atom. The molecule has 0 radical (unpaired) electrons. The van der Waals surface area contributed by atoms with E-state index in [2.05, 4.69) is 9.97 Å². The van der Waals surface area contributed by atoms with Gasteiger partial charge in [0.2, 0.25) is 0 Å². The van der Waals surface area contributed by atoms with Crippen LogP contribution >= 0.6 is 0 Å². The maximum atomic E-state index is 12.3.